The number of ether oxygens (including phenoxy) is 1. The lowest BCUT2D eigenvalue weighted by Crippen LogP contribution is -2.11. The highest BCUT2D eigenvalue weighted by atomic mass is 16.6. The monoisotopic (exact) mass is 148 g/mol. The summed E-state index contributed by atoms with van der Waals surface area (Å²) in [5.74, 6) is 0. The first-order chi connectivity index (χ1) is 4.63. The average molecular weight is 148 g/mol. The molecule has 1 heterocycles. The molecule has 0 unspecified atom stereocenters. The molecule has 0 bridgehead atoms. The van der Waals surface area contributed by atoms with Gasteiger partial charge in [0.15, 0.2) is 0 Å². The quantitative estimate of drug-likeness (QED) is 0.424. The van der Waals surface area contributed by atoms with E-state index in [9.17, 15) is 4.79 Å². The van der Waals surface area contributed by atoms with Gasteiger partial charge >= 0.3 is 12.2 Å². The molecule has 0 aromatic heterocycles. The van der Waals surface area contributed by atoms with Gasteiger partial charge in [-0.05, 0) is 0 Å². The van der Waals surface area contributed by atoms with E-state index in [1.807, 2.05) is 0 Å². The summed E-state index contributed by atoms with van der Waals surface area (Å²) in [4.78, 5) is 18.7. The number of cyclic esters (lactones) is 1. The molecule has 6 nitrogen and oxygen atoms in total. The molecule has 1 fully saturated rings. The van der Waals surface area contributed by atoms with Gasteiger partial charge in [0.05, 0.1) is 6.54 Å². The van der Waals surface area contributed by atoms with E-state index in [1.54, 1.807) is 0 Å². The van der Waals surface area contributed by atoms with Crippen molar-refractivity contribution in [3.63, 3.8) is 0 Å². The first-order valence-corrected chi connectivity index (χ1v) is 2.52. The Morgan fingerprint density at radius 2 is 2.30 bits per heavy atom. The summed E-state index contributed by atoms with van der Waals surface area (Å²) in [6.45, 7) is 1.19. The first-order valence-electron chi connectivity index (χ1n) is 2.52. The second-order valence-corrected chi connectivity index (χ2v) is 1.40. The Morgan fingerprint density at radius 3 is 2.40 bits per heavy atom. The smallest absolute Gasteiger partial charge is 0.407 e. The summed E-state index contributed by atoms with van der Waals surface area (Å²) in [7, 11) is 0. The molecule has 1 aliphatic heterocycles. The SMILES string of the molecule is NC(=O)O.O=C1NCCO1. The molecule has 1 rings (SSSR count). The summed E-state index contributed by atoms with van der Waals surface area (Å²) in [5, 5.41) is 9.65. The molecular weight excluding hydrogens is 140 g/mol. The molecule has 0 atom stereocenters. The van der Waals surface area contributed by atoms with E-state index < -0.39 is 6.09 Å². The topological polar surface area (TPSA) is 102 Å². The van der Waals surface area contributed by atoms with E-state index in [2.05, 4.69) is 15.8 Å². The third-order valence-corrected chi connectivity index (χ3v) is 0.605. The number of rotatable bonds is 0. The standard InChI is InChI=1S/C3H5NO2.CH3NO2/c5-3-4-1-2-6-3;2-1(3)4/h1-2H2,(H,4,5);2H2,(H,3,4). The second-order valence-electron chi connectivity index (χ2n) is 1.40. The van der Waals surface area contributed by atoms with Crippen LogP contribution >= 0.6 is 0 Å². The van der Waals surface area contributed by atoms with Crippen LogP contribution in [0.25, 0.3) is 0 Å². The van der Waals surface area contributed by atoms with Crippen molar-refractivity contribution in [3.8, 4) is 0 Å². The third kappa shape index (κ3) is 6.54. The molecule has 2 amide bonds. The van der Waals surface area contributed by atoms with Crippen molar-refractivity contribution in [1.82, 2.24) is 5.32 Å². The molecule has 6 heteroatoms. The lowest BCUT2D eigenvalue weighted by atomic mass is 10.7. The molecule has 4 N–H and O–H groups in total. The number of carboxylic acid groups (broad SMARTS) is 1. The van der Waals surface area contributed by atoms with Crippen LogP contribution in [0.4, 0.5) is 9.59 Å². The minimum Gasteiger partial charge on any atom is -0.465 e. The highest BCUT2D eigenvalue weighted by molar-refractivity contribution is 5.68. The molecule has 1 saturated heterocycles. The van der Waals surface area contributed by atoms with Crippen molar-refractivity contribution in [1.29, 1.82) is 0 Å². The Labute approximate surface area is 57.0 Å². The first kappa shape index (κ1) is 8.54. The summed E-state index contributed by atoms with van der Waals surface area (Å²) in [5.41, 5.74) is 4.03. The van der Waals surface area contributed by atoms with Crippen molar-refractivity contribution < 1.29 is 19.4 Å². The molecule has 0 radical (unpaired) electrons. The van der Waals surface area contributed by atoms with E-state index in [4.69, 9.17) is 9.90 Å². The third-order valence-electron chi connectivity index (χ3n) is 0.605. The molecule has 0 saturated carbocycles. The minimum absolute atomic E-state index is 0.296. The van der Waals surface area contributed by atoms with Gasteiger partial charge in [0.25, 0.3) is 0 Å². The van der Waals surface area contributed by atoms with Crippen LogP contribution in [0.3, 0.4) is 0 Å². The average Bonchev–Trinajstić information content (AvgIpc) is 2.15. The second kappa shape index (κ2) is 4.42. The van der Waals surface area contributed by atoms with Gasteiger partial charge in [-0.2, -0.15) is 0 Å². The van der Waals surface area contributed by atoms with Gasteiger partial charge in [0, 0.05) is 0 Å². The number of nitrogens with one attached hydrogen (secondary N) is 1. The predicted molar refractivity (Wildman–Crippen MR) is 31.6 cm³/mol. The minimum atomic E-state index is -1.33. The maximum atomic E-state index is 9.91. The lowest BCUT2D eigenvalue weighted by Gasteiger charge is -1.80. The molecule has 0 aromatic rings. The van der Waals surface area contributed by atoms with Crippen molar-refractivity contribution in [2.45, 2.75) is 0 Å². The summed E-state index contributed by atoms with van der Waals surface area (Å²) >= 11 is 0. The largest absolute Gasteiger partial charge is 0.465 e. The van der Waals surface area contributed by atoms with Gasteiger partial charge in [0.1, 0.15) is 6.61 Å². The van der Waals surface area contributed by atoms with Gasteiger partial charge in [-0.3, -0.25) is 0 Å². The zero-order chi connectivity index (χ0) is 7.98. The van der Waals surface area contributed by atoms with Crippen LogP contribution in [-0.4, -0.2) is 30.4 Å². The van der Waals surface area contributed by atoms with Crippen molar-refractivity contribution in [2.75, 3.05) is 13.2 Å². The Bertz CT molecular complexity index is 123. The zero-order valence-corrected chi connectivity index (χ0v) is 5.16. The lowest BCUT2D eigenvalue weighted by molar-refractivity contribution is 0.178. The van der Waals surface area contributed by atoms with Gasteiger partial charge < -0.3 is 20.9 Å². The van der Waals surface area contributed by atoms with Gasteiger partial charge in [-0.25, -0.2) is 9.59 Å². The number of amides is 2. The highest BCUT2D eigenvalue weighted by Crippen LogP contribution is 1.82. The number of hydrogen-bond donors (Lipinski definition) is 3. The molecule has 0 spiro atoms. The molecule has 0 aliphatic carbocycles. The predicted octanol–water partition coefficient (Wildman–Crippen LogP) is -0.651. The number of nitrogens with two attached hydrogens (primary N) is 1. The molecular formula is C4H8N2O4. The number of carbonyl (C=O) groups is 2. The van der Waals surface area contributed by atoms with Gasteiger partial charge in [-0.15, -0.1) is 0 Å². The van der Waals surface area contributed by atoms with Gasteiger partial charge in [-0.1, -0.05) is 0 Å². The van der Waals surface area contributed by atoms with Crippen molar-refractivity contribution in [2.24, 2.45) is 5.73 Å². The van der Waals surface area contributed by atoms with Crippen LogP contribution in [0.5, 0.6) is 0 Å². The molecule has 58 valence electrons. The fourth-order valence-corrected chi connectivity index (χ4v) is 0.348. The Balaban J connectivity index is 0.000000180. The summed E-state index contributed by atoms with van der Waals surface area (Å²) in [6.07, 6.45) is -1.63. The molecule has 0 aromatic carbocycles. The van der Waals surface area contributed by atoms with E-state index in [0.717, 1.165) is 0 Å². The normalized spacial score (nSPS) is 14.2. The molecule has 10 heavy (non-hydrogen) atoms. The van der Waals surface area contributed by atoms with Crippen LogP contribution < -0.4 is 11.1 Å². The van der Waals surface area contributed by atoms with E-state index in [1.165, 1.54) is 0 Å². The Hall–Kier alpha value is -1.46. The number of primary amides is 1. The number of hydrogen-bond acceptors (Lipinski definition) is 3. The summed E-state index contributed by atoms with van der Waals surface area (Å²) in [6, 6.07) is 0. The highest BCUT2D eigenvalue weighted by Gasteiger charge is 2.06. The molecule has 1 aliphatic rings. The van der Waals surface area contributed by atoms with E-state index in [-0.39, 0.29) is 6.09 Å². The van der Waals surface area contributed by atoms with Crippen molar-refractivity contribution >= 4 is 12.2 Å². The Morgan fingerprint density at radius 1 is 1.80 bits per heavy atom. The summed E-state index contributed by atoms with van der Waals surface area (Å²) < 4.78 is 4.40. The van der Waals surface area contributed by atoms with Crippen LogP contribution in [0.1, 0.15) is 0 Å². The number of alkyl carbamates (subject to hydrolysis) is 1. The van der Waals surface area contributed by atoms with Crippen LogP contribution in [0, 0.1) is 0 Å². The Kier molecular flexibility index (Phi) is 3.78. The van der Waals surface area contributed by atoms with Crippen molar-refractivity contribution in [3.05, 3.63) is 0 Å². The fourth-order valence-electron chi connectivity index (χ4n) is 0.348. The zero-order valence-electron chi connectivity index (χ0n) is 5.16. The number of carbonyl (C=O) groups excluding carboxylic acids is 1. The maximum Gasteiger partial charge on any atom is 0.407 e. The van der Waals surface area contributed by atoms with Crippen LogP contribution in [0.15, 0.2) is 0 Å². The van der Waals surface area contributed by atoms with Crippen LogP contribution in [0.2, 0.25) is 0 Å². The maximum absolute atomic E-state index is 9.91. The van der Waals surface area contributed by atoms with E-state index >= 15 is 0 Å². The van der Waals surface area contributed by atoms with Crippen LogP contribution in [-0.2, 0) is 4.74 Å². The van der Waals surface area contributed by atoms with Gasteiger partial charge in [0.2, 0.25) is 0 Å². The van der Waals surface area contributed by atoms with E-state index in [0.29, 0.717) is 13.2 Å². The fraction of sp³-hybridized carbons (Fsp3) is 0.500.